The van der Waals surface area contributed by atoms with Crippen molar-refractivity contribution in [2.75, 3.05) is 6.54 Å². The summed E-state index contributed by atoms with van der Waals surface area (Å²) >= 11 is 0. The van der Waals surface area contributed by atoms with Crippen molar-refractivity contribution in [3.8, 4) is 0 Å². The molecule has 1 aromatic carbocycles. The second-order valence-electron chi connectivity index (χ2n) is 4.99. The highest BCUT2D eigenvalue weighted by atomic mass is 15.2. The molecule has 1 aliphatic heterocycles. The number of nitrogens with one attached hydrogen (secondary N) is 2. The van der Waals surface area contributed by atoms with Crippen molar-refractivity contribution >= 4 is 5.96 Å². The van der Waals surface area contributed by atoms with Crippen molar-refractivity contribution in [3.05, 3.63) is 35.4 Å². The van der Waals surface area contributed by atoms with Crippen LogP contribution in [0.25, 0.3) is 0 Å². The summed E-state index contributed by atoms with van der Waals surface area (Å²) in [6, 6.07) is 9.17. The van der Waals surface area contributed by atoms with E-state index in [2.05, 4.69) is 60.7 Å². The molecule has 1 heterocycles. The Balaban J connectivity index is 1.93. The van der Waals surface area contributed by atoms with Crippen LogP contribution in [0.15, 0.2) is 29.3 Å². The zero-order chi connectivity index (χ0) is 12.3. The van der Waals surface area contributed by atoms with Gasteiger partial charge in [-0.25, -0.2) is 0 Å². The van der Waals surface area contributed by atoms with Crippen molar-refractivity contribution in [1.29, 1.82) is 0 Å². The summed E-state index contributed by atoms with van der Waals surface area (Å²) in [7, 11) is 0. The molecule has 0 bridgehead atoms. The Morgan fingerprint density at radius 3 is 2.94 bits per heavy atom. The van der Waals surface area contributed by atoms with Crippen LogP contribution in [0.3, 0.4) is 0 Å². The molecule has 0 amide bonds. The lowest BCUT2D eigenvalue weighted by Gasteiger charge is -2.11. The Morgan fingerprint density at radius 2 is 2.29 bits per heavy atom. The first-order chi connectivity index (χ1) is 8.15. The smallest absolute Gasteiger partial charge is 0.191 e. The zero-order valence-electron chi connectivity index (χ0n) is 10.8. The van der Waals surface area contributed by atoms with Gasteiger partial charge < -0.3 is 10.6 Å². The lowest BCUT2D eigenvalue weighted by molar-refractivity contribution is 0.713. The number of rotatable bonds is 3. The van der Waals surface area contributed by atoms with E-state index in [1.807, 2.05) is 0 Å². The van der Waals surface area contributed by atoms with Crippen molar-refractivity contribution in [2.24, 2.45) is 4.99 Å². The fraction of sp³-hybridized carbons (Fsp3) is 0.500. The Labute approximate surface area is 103 Å². The van der Waals surface area contributed by atoms with Gasteiger partial charge in [-0.2, -0.15) is 0 Å². The van der Waals surface area contributed by atoms with E-state index in [4.69, 9.17) is 0 Å². The molecule has 92 valence electrons. The Kier molecular flexibility index (Phi) is 3.67. The van der Waals surface area contributed by atoms with Gasteiger partial charge in [-0.15, -0.1) is 0 Å². The maximum Gasteiger partial charge on any atom is 0.191 e. The number of hydrogen-bond donors (Lipinski definition) is 2. The van der Waals surface area contributed by atoms with E-state index in [1.54, 1.807) is 0 Å². The van der Waals surface area contributed by atoms with Crippen LogP contribution >= 0.6 is 0 Å². The SMILES string of the molecule is CC1CN=C(NCc2cccc(C(C)C)c2)N1. The molecule has 2 rings (SSSR count). The van der Waals surface area contributed by atoms with Gasteiger partial charge in [-0.1, -0.05) is 38.1 Å². The van der Waals surface area contributed by atoms with E-state index < -0.39 is 0 Å². The summed E-state index contributed by atoms with van der Waals surface area (Å²) in [6.45, 7) is 8.28. The molecule has 0 spiro atoms. The number of guanidine groups is 1. The van der Waals surface area contributed by atoms with Crippen molar-refractivity contribution in [2.45, 2.75) is 39.3 Å². The van der Waals surface area contributed by atoms with E-state index in [1.165, 1.54) is 11.1 Å². The van der Waals surface area contributed by atoms with Gasteiger partial charge in [-0.3, -0.25) is 4.99 Å². The van der Waals surface area contributed by atoms with Crippen molar-refractivity contribution in [1.82, 2.24) is 10.6 Å². The molecule has 2 N–H and O–H groups in total. The van der Waals surface area contributed by atoms with Gasteiger partial charge in [0.2, 0.25) is 0 Å². The predicted molar refractivity (Wildman–Crippen MR) is 72.3 cm³/mol. The molecule has 1 aromatic rings. The summed E-state index contributed by atoms with van der Waals surface area (Å²) < 4.78 is 0. The first-order valence-electron chi connectivity index (χ1n) is 6.29. The van der Waals surface area contributed by atoms with Gasteiger partial charge in [0.15, 0.2) is 5.96 Å². The highest BCUT2D eigenvalue weighted by molar-refractivity contribution is 5.81. The monoisotopic (exact) mass is 231 g/mol. The van der Waals surface area contributed by atoms with E-state index in [9.17, 15) is 0 Å². The molecule has 0 aliphatic carbocycles. The minimum Gasteiger partial charge on any atom is -0.352 e. The third-order valence-electron chi connectivity index (χ3n) is 2.98. The summed E-state index contributed by atoms with van der Waals surface area (Å²) in [5.41, 5.74) is 2.69. The number of benzene rings is 1. The van der Waals surface area contributed by atoms with Crippen LogP contribution in [0.1, 0.15) is 37.8 Å². The normalized spacial score (nSPS) is 19.1. The van der Waals surface area contributed by atoms with Crippen LogP contribution in [-0.4, -0.2) is 18.5 Å². The number of nitrogens with zero attached hydrogens (tertiary/aromatic N) is 1. The van der Waals surface area contributed by atoms with E-state index >= 15 is 0 Å². The number of aliphatic imine (C=N–C) groups is 1. The molecular weight excluding hydrogens is 210 g/mol. The quantitative estimate of drug-likeness (QED) is 0.837. The van der Waals surface area contributed by atoms with E-state index in [0.717, 1.165) is 19.0 Å². The second kappa shape index (κ2) is 5.21. The molecule has 0 aromatic heterocycles. The summed E-state index contributed by atoms with van der Waals surface area (Å²) in [5.74, 6) is 1.50. The summed E-state index contributed by atoms with van der Waals surface area (Å²) in [6.07, 6.45) is 0. The summed E-state index contributed by atoms with van der Waals surface area (Å²) in [4.78, 5) is 4.38. The van der Waals surface area contributed by atoms with Crippen molar-refractivity contribution < 1.29 is 0 Å². The largest absolute Gasteiger partial charge is 0.352 e. The predicted octanol–water partition coefficient (Wildman–Crippen LogP) is 2.25. The zero-order valence-corrected chi connectivity index (χ0v) is 10.8. The molecule has 1 unspecified atom stereocenters. The maximum atomic E-state index is 4.38. The van der Waals surface area contributed by atoms with Crippen LogP contribution in [0, 0.1) is 0 Å². The highest BCUT2D eigenvalue weighted by Crippen LogP contribution is 2.15. The van der Waals surface area contributed by atoms with Crippen LogP contribution in [-0.2, 0) is 6.54 Å². The molecule has 3 heteroatoms. The minimum atomic E-state index is 0.458. The van der Waals surface area contributed by atoms with Crippen LogP contribution in [0.4, 0.5) is 0 Å². The topological polar surface area (TPSA) is 36.4 Å². The molecule has 0 saturated carbocycles. The molecule has 1 atom stereocenters. The van der Waals surface area contributed by atoms with Crippen LogP contribution < -0.4 is 10.6 Å². The van der Waals surface area contributed by atoms with Gasteiger partial charge in [0, 0.05) is 12.6 Å². The average Bonchev–Trinajstić information content (AvgIpc) is 2.73. The fourth-order valence-corrected chi connectivity index (χ4v) is 1.91. The highest BCUT2D eigenvalue weighted by Gasteiger charge is 2.11. The second-order valence-corrected chi connectivity index (χ2v) is 4.99. The first-order valence-corrected chi connectivity index (χ1v) is 6.29. The lowest BCUT2D eigenvalue weighted by atomic mass is 10.0. The van der Waals surface area contributed by atoms with Gasteiger partial charge in [-0.05, 0) is 24.0 Å². The van der Waals surface area contributed by atoms with Gasteiger partial charge >= 0.3 is 0 Å². The van der Waals surface area contributed by atoms with Gasteiger partial charge in [0.05, 0.1) is 6.54 Å². The third kappa shape index (κ3) is 3.22. The summed E-state index contributed by atoms with van der Waals surface area (Å²) in [5, 5.41) is 6.63. The maximum absolute atomic E-state index is 4.38. The Hall–Kier alpha value is -1.51. The van der Waals surface area contributed by atoms with Gasteiger partial charge in [0.1, 0.15) is 0 Å². The van der Waals surface area contributed by atoms with Gasteiger partial charge in [0.25, 0.3) is 0 Å². The minimum absolute atomic E-state index is 0.458. The first kappa shape index (κ1) is 12.0. The molecule has 1 aliphatic rings. The molecule has 17 heavy (non-hydrogen) atoms. The van der Waals surface area contributed by atoms with Crippen LogP contribution in [0.2, 0.25) is 0 Å². The number of hydrogen-bond acceptors (Lipinski definition) is 3. The fourth-order valence-electron chi connectivity index (χ4n) is 1.91. The van der Waals surface area contributed by atoms with E-state index in [-0.39, 0.29) is 0 Å². The standard InChI is InChI=1S/C14H21N3/c1-10(2)13-6-4-5-12(7-13)9-16-14-15-8-11(3)17-14/h4-7,10-11H,8-9H2,1-3H3,(H2,15,16,17). The Bertz CT molecular complexity index is 410. The molecule has 0 fully saturated rings. The molecular formula is C14H21N3. The Morgan fingerprint density at radius 1 is 1.47 bits per heavy atom. The van der Waals surface area contributed by atoms with Crippen LogP contribution in [0.5, 0.6) is 0 Å². The van der Waals surface area contributed by atoms with Crippen molar-refractivity contribution in [3.63, 3.8) is 0 Å². The molecule has 0 saturated heterocycles. The average molecular weight is 231 g/mol. The third-order valence-corrected chi connectivity index (χ3v) is 2.98. The van der Waals surface area contributed by atoms with E-state index in [0.29, 0.717) is 12.0 Å². The molecule has 0 radical (unpaired) electrons. The molecule has 3 nitrogen and oxygen atoms in total. The lowest BCUT2D eigenvalue weighted by Crippen LogP contribution is -2.37.